The first-order chi connectivity index (χ1) is 65.3. The van der Waals surface area contributed by atoms with Gasteiger partial charge in [0.05, 0.1) is 114 Å². The average Bonchev–Trinajstić information content (AvgIpc) is 0.952. The van der Waals surface area contributed by atoms with E-state index in [1.807, 2.05) is 39.2 Å². The first-order valence-electron chi connectivity index (χ1n) is 45.3. The Morgan fingerprint density at radius 1 is 0.191 bits per heavy atom. The molecule has 24 N–H and O–H groups in total. The molecule has 0 aromatic carbocycles. The smallest absolute Gasteiger partial charge is 0.306 e. The van der Waals surface area contributed by atoms with E-state index in [4.69, 9.17) is 65.8 Å². The Morgan fingerprint density at radius 3 is 0.426 bits per heavy atom. The van der Waals surface area contributed by atoms with Gasteiger partial charge < -0.3 is 141 Å². The molecule has 0 atom stereocenters. The summed E-state index contributed by atoms with van der Waals surface area (Å²) >= 11 is 0. The summed E-state index contributed by atoms with van der Waals surface area (Å²) in [6.07, 6.45) is 29.5. The molecule has 0 aliphatic heterocycles. The maximum absolute atomic E-state index is 12.6. The second-order valence-electron chi connectivity index (χ2n) is 29.4. The SMILES string of the molecule is C#CCN.C#CCN(CCC(=O)NCCN(CCC(=O)NCCN)CCC(=O)NCCN)CCC(=O)NCCN(CCC(=O)NCCN)CCC(=O)NCCN.C#CCN(CCC(=O)NCCN(CCC(=O)OC)CCC(=O)OC)CCC(=O)NCCN(CCC(=O)OC)CCC(=O)OC.C#CCN(CCC(=O)NCCN)CCC(=O)NCCN.C#CCN(CCC(=O)OC)CCC(=O)OC. The summed E-state index contributed by atoms with van der Waals surface area (Å²) in [5.74, 6) is 8.78. The normalized spacial score (nSPS) is 10.4. The molecule has 0 fully saturated rings. The largest absolute Gasteiger partial charge is 0.469 e. The lowest BCUT2D eigenvalue weighted by Crippen LogP contribution is -2.41. The van der Waals surface area contributed by atoms with Crippen LogP contribution in [0.3, 0.4) is 0 Å². The molecule has 10 amide bonds. The minimum Gasteiger partial charge on any atom is -0.469 e. The van der Waals surface area contributed by atoms with Crippen molar-refractivity contribution < 1.29 is 105 Å². The summed E-state index contributed by atoms with van der Waals surface area (Å²) in [7, 11) is 7.89. The lowest BCUT2D eigenvalue weighted by Gasteiger charge is -2.23. The number of hydrogen-bond acceptors (Lipinski definition) is 37. The van der Waals surface area contributed by atoms with Crippen molar-refractivity contribution >= 4 is 94.9 Å². The number of methoxy groups -OCH3 is 6. The van der Waals surface area contributed by atoms with Gasteiger partial charge in [0.15, 0.2) is 0 Å². The van der Waals surface area contributed by atoms with Crippen LogP contribution in [-0.4, -0.2) is 445 Å². The van der Waals surface area contributed by atoms with Crippen molar-refractivity contribution in [3.05, 3.63) is 0 Å². The number of hydrogen-bond donors (Lipinski definition) is 17. The summed E-state index contributed by atoms with van der Waals surface area (Å²) in [4.78, 5) is 204. The molecule has 0 aromatic heterocycles. The van der Waals surface area contributed by atoms with Gasteiger partial charge in [0, 0.05) is 300 Å². The van der Waals surface area contributed by atoms with Crippen molar-refractivity contribution in [3.8, 4) is 61.7 Å². The second kappa shape index (κ2) is 96.8. The number of nitrogens with zero attached hydrogens (tertiary/aromatic N) is 8. The van der Waals surface area contributed by atoms with E-state index in [1.54, 1.807) is 0 Å². The van der Waals surface area contributed by atoms with Gasteiger partial charge in [-0.05, 0) is 0 Å². The van der Waals surface area contributed by atoms with Gasteiger partial charge in [0.2, 0.25) is 59.1 Å². The minimum atomic E-state index is -0.368. The predicted octanol–water partition coefficient (Wildman–Crippen LogP) is -9.33. The predicted molar refractivity (Wildman–Crippen MR) is 515 cm³/mol. The number of amides is 10. The Labute approximate surface area is 804 Å². The number of nitrogens with two attached hydrogens (primary N) is 7. The van der Waals surface area contributed by atoms with Gasteiger partial charge in [-0.2, -0.15) is 0 Å². The zero-order valence-electron chi connectivity index (χ0n) is 81.3. The number of nitrogens with one attached hydrogen (secondary N) is 10. The summed E-state index contributed by atoms with van der Waals surface area (Å²) in [6, 6.07) is 0. The van der Waals surface area contributed by atoms with Crippen LogP contribution < -0.4 is 93.3 Å². The van der Waals surface area contributed by atoms with Crippen molar-refractivity contribution in [1.29, 1.82) is 0 Å². The Kier molecular flexibility index (Phi) is 94.8. The fourth-order valence-electron chi connectivity index (χ4n) is 11.2. The van der Waals surface area contributed by atoms with Crippen molar-refractivity contribution in [2.75, 3.05) is 311 Å². The quantitative estimate of drug-likeness (QED) is 0.0153. The summed E-state index contributed by atoms with van der Waals surface area (Å²) < 4.78 is 27.7. The number of terminal acetylenes is 5. The highest BCUT2D eigenvalue weighted by molar-refractivity contribution is 5.80. The summed E-state index contributed by atoms with van der Waals surface area (Å²) in [6.45, 7) is 15.9. The third kappa shape index (κ3) is 90.5. The van der Waals surface area contributed by atoms with Gasteiger partial charge in [-0.3, -0.25) is 96.3 Å². The molecule has 0 aromatic rings. The lowest BCUT2D eigenvalue weighted by molar-refractivity contribution is -0.142. The minimum absolute atomic E-state index is 0.0648. The van der Waals surface area contributed by atoms with Crippen LogP contribution in [0.25, 0.3) is 0 Å². The van der Waals surface area contributed by atoms with Crippen LogP contribution in [-0.2, 0) is 105 Å². The molecule has 0 radical (unpaired) electrons. The molecule has 47 nitrogen and oxygen atoms in total. The molecule has 0 saturated heterocycles. The Balaban J connectivity index is -0.000000605. The molecule has 0 rings (SSSR count). The topological polar surface area (TPSA) is 657 Å². The molecular formula is C89H161N25O22. The fraction of sp³-hybridized carbons (Fsp3) is 0.708. The van der Waals surface area contributed by atoms with E-state index >= 15 is 0 Å². The second-order valence-corrected chi connectivity index (χ2v) is 29.4. The highest BCUT2D eigenvalue weighted by Crippen LogP contribution is 2.05. The average molecular weight is 1930 g/mol. The van der Waals surface area contributed by atoms with Gasteiger partial charge >= 0.3 is 35.8 Å². The van der Waals surface area contributed by atoms with E-state index in [0.717, 1.165) is 0 Å². The van der Waals surface area contributed by atoms with Gasteiger partial charge in [0.25, 0.3) is 0 Å². The Bertz CT molecular complexity index is 3270. The van der Waals surface area contributed by atoms with Gasteiger partial charge in [-0.15, -0.1) is 32.1 Å². The number of esters is 6. The zero-order valence-corrected chi connectivity index (χ0v) is 81.3. The van der Waals surface area contributed by atoms with E-state index in [0.29, 0.717) is 268 Å². The monoisotopic (exact) mass is 1930 g/mol. The van der Waals surface area contributed by atoms with Crippen molar-refractivity contribution in [1.82, 2.24) is 92.4 Å². The molecular weight excluding hydrogens is 1770 g/mol. The van der Waals surface area contributed by atoms with E-state index < -0.39 is 0 Å². The fourth-order valence-corrected chi connectivity index (χ4v) is 11.2. The van der Waals surface area contributed by atoms with E-state index in [2.05, 4.69) is 118 Å². The molecule has 0 aliphatic rings. The molecule has 0 unspecified atom stereocenters. The van der Waals surface area contributed by atoms with Gasteiger partial charge in [-0.1, -0.05) is 29.6 Å². The van der Waals surface area contributed by atoms with E-state index in [-0.39, 0.29) is 198 Å². The van der Waals surface area contributed by atoms with Gasteiger partial charge in [0.1, 0.15) is 0 Å². The van der Waals surface area contributed by atoms with Crippen LogP contribution in [0.15, 0.2) is 0 Å². The van der Waals surface area contributed by atoms with Crippen LogP contribution in [0.4, 0.5) is 0 Å². The summed E-state index contributed by atoms with van der Waals surface area (Å²) in [5.41, 5.74) is 37.1. The molecule has 136 heavy (non-hydrogen) atoms. The van der Waals surface area contributed by atoms with Crippen molar-refractivity contribution in [3.63, 3.8) is 0 Å². The van der Waals surface area contributed by atoms with Gasteiger partial charge in [-0.25, -0.2) is 0 Å². The lowest BCUT2D eigenvalue weighted by atomic mass is 10.3. The molecule has 0 bridgehead atoms. The molecule has 0 heterocycles. The Morgan fingerprint density at radius 2 is 0.309 bits per heavy atom. The molecule has 774 valence electrons. The number of ether oxygens (including phenoxy) is 6. The van der Waals surface area contributed by atoms with Crippen LogP contribution in [0, 0.1) is 61.7 Å². The molecule has 0 aliphatic carbocycles. The Hall–Kier alpha value is -11.3. The van der Waals surface area contributed by atoms with Crippen molar-refractivity contribution in [2.24, 2.45) is 40.1 Å². The van der Waals surface area contributed by atoms with Crippen LogP contribution in [0.2, 0.25) is 0 Å². The number of carbonyl (C=O) groups is 16. The number of carbonyl (C=O) groups excluding carboxylic acids is 16. The maximum Gasteiger partial charge on any atom is 0.306 e. The third-order valence-corrected chi connectivity index (χ3v) is 18.9. The summed E-state index contributed by atoms with van der Waals surface area (Å²) in [5, 5.41) is 27.7. The van der Waals surface area contributed by atoms with E-state index in [1.165, 1.54) is 42.7 Å². The molecule has 0 spiro atoms. The van der Waals surface area contributed by atoms with Crippen molar-refractivity contribution in [2.45, 2.75) is 103 Å². The number of rotatable bonds is 76. The van der Waals surface area contributed by atoms with E-state index in [9.17, 15) is 76.7 Å². The van der Waals surface area contributed by atoms with Crippen LogP contribution >= 0.6 is 0 Å². The molecule has 47 heteroatoms. The highest BCUT2D eigenvalue weighted by Gasteiger charge is 2.21. The molecule has 0 saturated carbocycles. The van der Waals surface area contributed by atoms with Crippen LogP contribution in [0.5, 0.6) is 0 Å². The first kappa shape index (κ1) is 133. The standard InChI is InChI=1S/C33H65N13O6.C29H49N5O10.C13H25N5O2.C11H17NO4.C3H5N/c1-2-19-44(20-3-32(51)42-17-26-45(22-5-28(47)38-13-9-34)23-6-29(48)39-14-10-35)21-4-33(52)43-18-27-46(24-7-30(49)40-15-11-36)25-8-31(50)41-16-12-37;1-6-15-32(16-7-24(35)30-13-22-33(18-9-26(37)41-2)19-10-27(38)42-3)17-8-25(36)31-14-23-34(20-11-28(39)43-4)21-12-29(40)44-5;1-2-9-18(10-3-12(19)16-7-5-14)11-4-13(20)17-8-6-15;1-4-7-12(8-5-10(13)15-2)9-6-11(14)16-3;1-2-3-4/h1H,3-27,34-37H2,(H,38,47)(H,39,48)(H,40,49)(H,41,50)(H,42,51)(H,43,52);1H,7-23H2,2-5H3,(H,30,35)(H,31,36);1H,3-11,14-15H2,(H,16,19)(H,17,20);1H,5-9H2,2-3H3;1H,3-4H2. The van der Waals surface area contributed by atoms with Crippen LogP contribution in [0.1, 0.15) is 103 Å². The maximum atomic E-state index is 12.6. The third-order valence-electron chi connectivity index (χ3n) is 18.9. The highest BCUT2D eigenvalue weighted by atomic mass is 16.5. The first-order valence-corrected chi connectivity index (χ1v) is 45.3. The zero-order chi connectivity index (χ0) is 103.